The molecule has 0 heterocycles. The molecule has 0 aliphatic heterocycles. The highest BCUT2D eigenvalue weighted by atomic mass is 79.9. The fourth-order valence-corrected chi connectivity index (χ4v) is 2.75. The molecule has 1 aromatic rings. The predicted octanol–water partition coefficient (Wildman–Crippen LogP) is 2.77. The van der Waals surface area contributed by atoms with Crippen molar-refractivity contribution in [2.24, 2.45) is 5.92 Å². The maximum atomic E-state index is 11.6. The fourth-order valence-electron chi connectivity index (χ4n) is 1.42. The van der Waals surface area contributed by atoms with Gasteiger partial charge in [0.25, 0.3) is 0 Å². The van der Waals surface area contributed by atoms with Gasteiger partial charge in [0, 0.05) is 22.3 Å². The van der Waals surface area contributed by atoms with Crippen LogP contribution in [0.25, 0.3) is 0 Å². The average molecular weight is 346 g/mol. The highest BCUT2D eigenvalue weighted by Gasteiger charge is 2.09. The van der Waals surface area contributed by atoms with Crippen molar-refractivity contribution in [3.8, 4) is 0 Å². The number of hydrogen-bond acceptors (Lipinski definition) is 3. The van der Waals surface area contributed by atoms with Crippen molar-refractivity contribution < 1.29 is 14.7 Å². The van der Waals surface area contributed by atoms with E-state index in [-0.39, 0.29) is 18.2 Å². The van der Waals surface area contributed by atoms with Crippen LogP contribution in [0.4, 0.5) is 0 Å². The van der Waals surface area contributed by atoms with E-state index in [1.165, 1.54) is 11.8 Å². The normalized spacial score (nSPS) is 11.9. The van der Waals surface area contributed by atoms with Gasteiger partial charge in [0.1, 0.15) is 0 Å². The molecular formula is C13H16BrNO3S. The fraction of sp³-hybridized carbons (Fsp3) is 0.385. The van der Waals surface area contributed by atoms with Gasteiger partial charge in [0.05, 0.1) is 5.75 Å². The number of aliphatic carboxylic acids is 1. The molecule has 0 spiro atoms. The number of nitrogens with one attached hydrogen (secondary N) is 1. The summed E-state index contributed by atoms with van der Waals surface area (Å²) in [6.45, 7) is 2.19. The summed E-state index contributed by atoms with van der Waals surface area (Å²) in [7, 11) is 0. The molecule has 0 aliphatic rings. The zero-order valence-corrected chi connectivity index (χ0v) is 13.0. The Balaban J connectivity index is 2.26. The molecule has 0 aromatic heterocycles. The second-order valence-electron chi connectivity index (χ2n) is 4.25. The van der Waals surface area contributed by atoms with Crippen molar-refractivity contribution in [1.29, 1.82) is 0 Å². The lowest BCUT2D eigenvalue weighted by atomic mass is 10.1. The summed E-state index contributed by atoms with van der Waals surface area (Å²) in [5, 5.41) is 11.3. The topological polar surface area (TPSA) is 66.4 Å². The van der Waals surface area contributed by atoms with E-state index in [2.05, 4.69) is 21.2 Å². The average Bonchev–Trinajstić information content (AvgIpc) is 2.33. The lowest BCUT2D eigenvalue weighted by molar-refractivity contribution is -0.138. The van der Waals surface area contributed by atoms with Crippen LogP contribution in [-0.2, 0) is 9.59 Å². The summed E-state index contributed by atoms with van der Waals surface area (Å²) in [4.78, 5) is 23.1. The van der Waals surface area contributed by atoms with Gasteiger partial charge in [-0.25, -0.2) is 0 Å². The number of amides is 1. The van der Waals surface area contributed by atoms with E-state index in [1.807, 2.05) is 24.3 Å². The third kappa shape index (κ3) is 7.22. The van der Waals surface area contributed by atoms with Gasteiger partial charge in [-0.15, -0.1) is 11.8 Å². The van der Waals surface area contributed by atoms with Gasteiger partial charge in [-0.05, 0) is 24.1 Å². The van der Waals surface area contributed by atoms with Gasteiger partial charge in [-0.3, -0.25) is 9.59 Å². The minimum atomic E-state index is -0.842. The van der Waals surface area contributed by atoms with Crippen molar-refractivity contribution in [3.05, 3.63) is 28.7 Å². The van der Waals surface area contributed by atoms with Crippen LogP contribution in [-0.4, -0.2) is 29.3 Å². The number of carbonyl (C=O) groups is 2. The first kappa shape index (κ1) is 16.0. The first-order valence-corrected chi connectivity index (χ1v) is 7.62. The Labute approximate surface area is 125 Å². The van der Waals surface area contributed by atoms with Crippen LogP contribution in [0.2, 0.25) is 0 Å². The number of thioether (sulfide) groups is 1. The molecule has 1 atom stereocenters. The van der Waals surface area contributed by atoms with Gasteiger partial charge < -0.3 is 10.4 Å². The molecule has 104 valence electrons. The molecule has 0 radical (unpaired) electrons. The molecular weight excluding hydrogens is 330 g/mol. The van der Waals surface area contributed by atoms with Crippen LogP contribution < -0.4 is 5.32 Å². The van der Waals surface area contributed by atoms with E-state index < -0.39 is 5.97 Å². The molecule has 0 bridgehead atoms. The van der Waals surface area contributed by atoms with Gasteiger partial charge in [-0.2, -0.15) is 0 Å². The Bertz CT molecular complexity index is 453. The summed E-state index contributed by atoms with van der Waals surface area (Å²) in [5.41, 5.74) is 0. The lowest BCUT2D eigenvalue weighted by Crippen LogP contribution is -2.30. The summed E-state index contributed by atoms with van der Waals surface area (Å²) in [6.07, 6.45) is 0.0685. The zero-order chi connectivity index (χ0) is 14.3. The van der Waals surface area contributed by atoms with Gasteiger partial charge in [0.15, 0.2) is 0 Å². The predicted molar refractivity (Wildman–Crippen MR) is 79.3 cm³/mol. The zero-order valence-electron chi connectivity index (χ0n) is 10.6. The van der Waals surface area contributed by atoms with Crippen molar-refractivity contribution in [3.63, 3.8) is 0 Å². The van der Waals surface area contributed by atoms with Crippen LogP contribution >= 0.6 is 27.7 Å². The van der Waals surface area contributed by atoms with Gasteiger partial charge in [0.2, 0.25) is 5.91 Å². The second kappa shape index (κ2) is 8.22. The number of rotatable bonds is 7. The SMILES string of the molecule is CC(CNC(=O)CSc1cccc(Br)c1)CC(=O)O. The van der Waals surface area contributed by atoms with Crippen molar-refractivity contribution in [1.82, 2.24) is 5.32 Å². The van der Waals surface area contributed by atoms with E-state index in [0.29, 0.717) is 12.3 Å². The maximum absolute atomic E-state index is 11.6. The van der Waals surface area contributed by atoms with E-state index in [1.54, 1.807) is 6.92 Å². The van der Waals surface area contributed by atoms with Gasteiger partial charge in [-0.1, -0.05) is 28.9 Å². The molecule has 1 rings (SSSR count). The van der Waals surface area contributed by atoms with Crippen LogP contribution in [0.3, 0.4) is 0 Å². The molecule has 0 fully saturated rings. The first-order valence-electron chi connectivity index (χ1n) is 5.84. The summed E-state index contributed by atoms with van der Waals surface area (Å²) >= 11 is 4.82. The Morgan fingerprint density at radius 1 is 1.47 bits per heavy atom. The molecule has 0 aliphatic carbocycles. The van der Waals surface area contributed by atoms with Gasteiger partial charge >= 0.3 is 5.97 Å². The molecule has 0 saturated heterocycles. The van der Waals surface area contributed by atoms with E-state index in [9.17, 15) is 9.59 Å². The number of hydrogen-bond donors (Lipinski definition) is 2. The van der Waals surface area contributed by atoms with Crippen LogP contribution in [0.1, 0.15) is 13.3 Å². The minimum Gasteiger partial charge on any atom is -0.481 e. The number of carboxylic acid groups (broad SMARTS) is 1. The molecule has 1 amide bonds. The van der Waals surface area contributed by atoms with Crippen molar-refractivity contribution >= 4 is 39.6 Å². The number of halogens is 1. The van der Waals surface area contributed by atoms with Crippen molar-refractivity contribution in [2.75, 3.05) is 12.3 Å². The number of carbonyl (C=O) groups excluding carboxylic acids is 1. The molecule has 4 nitrogen and oxygen atoms in total. The summed E-state index contributed by atoms with van der Waals surface area (Å²) in [5.74, 6) is -0.652. The molecule has 0 saturated carbocycles. The number of benzene rings is 1. The van der Waals surface area contributed by atoms with E-state index >= 15 is 0 Å². The summed E-state index contributed by atoms with van der Waals surface area (Å²) in [6, 6.07) is 7.73. The van der Waals surface area contributed by atoms with Crippen LogP contribution in [0, 0.1) is 5.92 Å². The highest BCUT2D eigenvalue weighted by molar-refractivity contribution is 9.10. The molecule has 1 aromatic carbocycles. The molecule has 6 heteroatoms. The monoisotopic (exact) mass is 345 g/mol. The number of carboxylic acids is 1. The molecule has 2 N–H and O–H groups in total. The highest BCUT2D eigenvalue weighted by Crippen LogP contribution is 2.21. The third-order valence-corrected chi connectivity index (χ3v) is 3.82. The van der Waals surface area contributed by atoms with E-state index in [4.69, 9.17) is 5.11 Å². The van der Waals surface area contributed by atoms with E-state index in [0.717, 1.165) is 9.37 Å². The lowest BCUT2D eigenvalue weighted by Gasteiger charge is -2.10. The quantitative estimate of drug-likeness (QED) is 0.745. The Morgan fingerprint density at radius 2 is 2.21 bits per heavy atom. The smallest absolute Gasteiger partial charge is 0.303 e. The Kier molecular flexibility index (Phi) is 6.94. The van der Waals surface area contributed by atoms with Crippen molar-refractivity contribution in [2.45, 2.75) is 18.2 Å². The molecule has 19 heavy (non-hydrogen) atoms. The maximum Gasteiger partial charge on any atom is 0.303 e. The summed E-state index contributed by atoms with van der Waals surface area (Å²) < 4.78 is 0.980. The van der Waals surface area contributed by atoms with Crippen LogP contribution in [0.15, 0.2) is 33.6 Å². The Hall–Kier alpha value is -1.01. The van der Waals surface area contributed by atoms with Crippen LogP contribution in [0.5, 0.6) is 0 Å². The molecule has 1 unspecified atom stereocenters. The Morgan fingerprint density at radius 3 is 2.84 bits per heavy atom. The minimum absolute atomic E-state index is 0.0580. The standard InChI is InChI=1S/C13H16BrNO3S/c1-9(5-13(17)18)7-15-12(16)8-19-11-4-2-3-10(14)6-11/h2-4,6,9H,5,7-8H2,1H3,(H,15,16)(H,17,18). The largest absolute Gasteiger partial charge is 0.481 e. The third-order valence-electron chi connectivity index (χ3n) is 2.34. The first-order chi connectivity index (χ1) is 8.97. The second-order valence-corrected chi connectivity index (χ2v) is 6.22.